The first-order valence-electron chi connectivity index (χ1n) is 8.06. The molecule has 1 saturated heterocycles. The highest BCUT2D eigenvalue weighted by molar-refractivity contribution is 5.94. The Labute approximate surface area is 144 Å². The fourth-order valence-corrected chi connectivity index (χ4v) is 2.86. The van der Waals surface area contributed by atoms with Gasteiger partial charge in [-0.05, 0) is 12.1 Å². The van der Waals surface area contributed by atoms with E-state index in [1.54, 1.807) is 60.2 Å². The van der Waals surface area contributed by atoms with E-state index in [0.29, 0.717) is 24.5 Å². The highest BCUT2D eigenvalue weighted by Gasteiger charge is 2.23. The number of pyridine rings is 1. The molecule has 8 nitrogen and oxygen atoms in total. The van der Waals surface area contributed by atoms with Gasteiger partial charge in [0.25, 0.3) is 5.91 Å². The number of carbonyl (C=O) groups is 1. The standard InChI is InChI=1S/C17H17N7O/c25-17(14-1-2-20-15(11-14)24-6-5-19-13-24)23-9-7-22(8-10-23)16-12-18-3-4-21-16/h1-6,11-13H,7-10H2. The van der Waals surface area contributed by atoms with Crippen LogP contribution in [0.5, 0.6) is 0 Å². The van der Waals surface area contributed by atoms with Crippen LogP contribution in [0.2, 0.25) is 0 Å². The van der Waals surface area contributed by atoms with Gasteiger partial charge in [-0.1, -0.05) is 0 Å². The van der Waals surface area contributed by atoms with E-state index in [1.165, 1.54) is 0 Å². The molecule has 0 bridgehead atoms. The molecule has 8 heteroatoms. The summed E-state index contributed by atoms with van der Waals surface area (Å²) in [7, 11) is 0. The molecular weight excluding hydrogens is 318 g/mol. The number of amides is 1. The van der Waals surface area contributed by atoms with Crippen molar-refractivity contribution in [2.75, 3.05) is 31.1 Å². The summed E-state index contributed by atoms with van der Waals surface area (Å²) in [5.41, 5.74) is 0.631. The lowest BCUT2D eigenvalue weighted by Gasteiger charge is -2.35. The Morgan fingerprint density at radius 2 is 1.76 bits per heavy atom. The van der Waals surface area contributed by atoms with Crippen molar-refractivity contribution in [3.05, 3.63) is 61.2 Å². The second-order valence-corrected chi connectivity index (χ2v) is 5.72. The number of piperazine rings is 1. The van der Waals surface area contributed by atoms with Gasteiger partial charge in [0.2, 0.25) is 0 Å². The Morgan fingerprint density at radius 1 is 0.920 bits per heavy atom. The second kappa shape index (κ2) is 6.68. The van der Waals surface area contributed by atoms with E-state index < -0.39 is 0 Å². The van der Waals surface area contributed by atoms with E-state index in [4.69, 9.17) is 0 Å². The van der Waals surface area contributed by atoms with Crippen LogP contribution >= 0.6 is 0 Å². The summed E-state index contributed by atoms with van der Waals surface area (Å²) >= 11 is 0. The van der Waals surface area contributed by atoms with Crippen LogP contribution in [-0.4, -0.2) is 61.5 Å². The molecular formula is C17H17N7O. The molecule has 0 spiro atoms. The zero-order chi connectivity index (χ0) is 17.1. The number of anilines is 1. The Kier molecular flexibility index (Phi) is 4.07. The molecule has 1 aliphatic rings. The van der Waals surface area contributed by atoms with Crippen molar-refractivity contribution < 1.29 is 4.79 Å². The summed E-state index contributed by atoms with van der Waals surface area (Å²) in [4.78, 5) is 33.5. The van der Waals surface area contributed by atoms with Crippen molar-refractivity contribution in [3.8, 4) is 5.82 Å². The van der Waals surface area contributed by atoms with Gasteiger partial charge in [0.1, 0.15) is 18.0 Å². The quantitative estimate of drug-likeness (QED) is 0.711. The first-order chi connectivity index (χ1) is 12.3. The molecule has 4 rings (SSSR count). The van der Waals surface area contributed by atoms with E-state index in [0.717, 1.165) is 18.9 Å². The number of rotatable bonds is 3. The predicted molar refractivity (Wildman–Crippen MR) is 91.5 cm³/mol. The number of carbonyl (C=O) groups excluding carboxylic acids is 1. The number of hydrogen-bond acceptors (Lipinski definition) is 6. The molecule has 4 heterocycles. The Bertz CT molecular complexity index is 842. The highest BCUT2D eigenvalue weighted by Crippen LogP contribution is 2.15. The maximum Gasteiger partial charge on any atom is 0.254 e. The molecule has 3 aromatic heterocycles. The van der Waals surface area contributed by atoms with Crippen LogP contribution in [0.25, 0.3) is 5.82 Å². The molecule has 0 N–H and O–H groups in total. The predicted octanol–water partition coefficient (Wildman–Crippen LogP) is 1.02. The van der Waals surface area contributed by atoms with Crippen LogP contribution in [0.4, 0.5) is 5.82 Å². The summed E-state index contributed by atoms with van der Waals surface area (Å²) in [6.45, 7) is 2.78. The van der Waals surface area contributed by atoms with Crippen molar-refractivity contribution in [1.82, 2.24) is 29.4 Å². The van der Waals surface area contributed by atoms with Gasteiger partial charge in [0.15, 0.2) is 0 Å². The number of nitrogens with zero attached hydrogens (tertiary/aromatic N) is 7. The number of aromatic nitrogens is 5. The van der Waals surface area contributed by atoms with Crippen molar-refractivity contribution in [1.29, 1.82) is 0 Å². The SMILES string of the molecule is O=C(c1ccnc(-n2ccnc2)c1)N1CCN(c2cnccn2)CC1. The molecule has 0 unspecified atom stereocenters. The van der Waals surface area contributed by atoms with Gasteiger partial charge >= 0.3 is 0 Å². The zero-order valence-corrected chi connectivity index (χ0v) is 13.6. The Hall–Kier alpha value is -3.29. The van der Waals surface area contributed by atoms with Crippen LogP contribution in [0.3, 0.4) is 0 Å². The van der Waals surface area contributed by atoms with E-state index in [1.807, 2.05) is 4.90 Å². The minimum absolute atomic E-state index is 0.0163. The number of imidazole rings is 1. The molecule has 0 radical (unpaired) electrons. The van der Waals surface area contributed by atoms with Crippen LogP contribution < -0.4 is 4.90 Å². The lowest BCUT2D eigenvalue weighted by atomic mass is 10.2. The monoisotopic (exact) mass is 335 g/mol. The zero-order valence-electron chi connectivity index (χ0n) is 13.6. The van der Waals surface area contributed by atoms with Crippen molar-refractivity contribution >= 4 is 11.7 Å². The first kappa shape index (κ1) is 15.3. The molecule has 0 aromatic carbocycles. The Balaban J connectivity index is 1.45. The molecule has 0 saturated carbocycles. The molecule has 3 aromatic rings. The van der Waals surface area contributed by atoms with Crippen molar-refractivity contribution in [2.24, 2.45) is 0 Å². The third-order valence-corrected chi connectivity index (χ3v) is 4.20. The molecule has 0 aliphatic carbocycles. The van der Waals surface area contributed by atoms with Crippen molar-refractivity contribution in [3.63, 3.8) is 0 Å². The van der Waals surface area contributed by atoms with E-state index in [9.17, 15) is 4.79 Å². The van der Waals surface area contributed by atoms with Crippen LogP contribution in [0, 0.1) is 0 Å². The molecule has 1 amide bonds. The fraction of sp³-hybridized carbons (Fsp3) is 0.235. The fourth-order valence-electron chi connectivity index (χ4n) is 2.86. The van der Waals surface area contributed by atoms with Gasteiger partial charge in [0, 0.05) is 62.7 Å². The van der Waals surface area contributed by atoms with Gasteiger partial charge in [-0.2, -0.15) is 0 Å². The van der Waals surface area contributed by atoms with Gasteiger partial charge in [-0.25, -0.2) is 15.0 Å². The summed E-state index contributed by atoms with van der Waals surface area (Å²) in [5, 5.41) is 0. The molecule has 126 valence electrons. The average Bonchev–Trinajstić information content (AvgIpc) is 3.23. The lowest BCUT2D eigenvalue weighted by molar-refractivity contribution is 0.0746. The van der Waals surface area contributed by atoms with Crippen LogP contribution in [0.1, 0.15) is 10.4 Å². The maximum atomic E-state index is 12.8. The molecule has 1 aliphatic heterocycles. The third kappa shape index (κ3) is 3.18. The average molecular weight is 335 g/mol. The second-order valence-electron chi connectivity index (χ2n) is 5.72. The first-order valence-corrected chi connectivity index (χ1v) is 8.06. The van der Waals surface area contributed by atoms with Crippen molar-refractivity contribution in [2.45, 2.75) is 0 Å². The minimum Gasteiger partial charge on any atom is -0.352 e. The smallest absolute Gasteiger partial charge is 0.254 e. The molecule has 0 atom stereocenters. The van der Waals surface area contributed by atoms with Gasteiger partial charge in [-0.3, -0.25) is 14.3 Å². The summed E-state index contributed by atoms with van der Waals surface area (Å²) in [6.07, 6.45) is 11.9. The normalized spacial score (nSPS) is 14.6. The summed E-state index contributed by atoms with van der Waals surface area (Å²) in [6, 6.07) is 3.54. The minimum atomic E-state index is 0.0163. The van der Waals surface area contributed by atoms with E-state index >= 15 is 0 Å². The van der Waals surface area contributed by atoms with Crippen LogP contribution in [0.15, 0.2) is 55.6 Å². The molecule has 25 heavy (non-hydrogen) atoms. The number of hydrogen-bond donors (Lipinski definition) is 0. The topological polar surface area (TPSA) is 80.0 Å². The van der Waals surface area contributed by atoms with Gasteiger partial charge < -0.3 is 9.80 Å². The lowest BCUT2D eigenvalue weighted by Crippen LogP contribution is -2.49. The largest absolute Gasteiger partial charge is 0.352 e. The Morgan fingerprint density at radius 3 is 2.48 bits per heavy atom. The third-order valence-electron chi connectivity index (χ3n) is 4.20. The summed E-state index contributed by atoms with van der Waals surface area (Å²) < 4.78 is 1.78. The summed E-state index contributed by atoms with van der Waals surface area (Å²) in [5.74, 6) is 1.55. The maximum absolute atomic E-state index is 12.8. The van der Waals surface area contributed by atoms with E-state index in [-0.39, 0.29) is 5.91 Å². The highest BCUT2D eigenvalue weighted by atomic mass is 16.2. The van der Waals surface area contributed by atoms with Crippen LogP contribution in [-0.2, 0) is 0 Å². The van der Waals surface area contributed by atoms with Gasteiger partial charge in [0.05, 0.1) is 6.20 Å². The van der Waals surface area contributed by atoms with Gasteiger partial charge in [-0.15, -0.1) is 0 Å². The molecule has 1 fully saturated rings. The van der Waals surface area contributed by atoms with E-state index in [2.05, 4.69) is 24.8 Å².